The number of nitrogen functional groups attached to an aromatic ring is 3. The highest BCUT2D eigenvalue weighted by Gasteiger charge is 2.47. The zero-order chi connectivity index (χ0) is 44.1. The van der Waals surface area contributed by atoms with E-state index in [0.717, 1.165) is 4.57 Å². The maximum absolute atomic E-state index is 13.5. The second-order valence-electron chi connectivity index (χ2n) is 14.0. The molecule has 0 aliphatic carbocycles. The van der Waals surface area contributed by atoms with E-state index in [0.29, 0.717) is 11.2 Å². The van der Waals surface area contributed by atoms with Crippen molar-refractivity contribution in [1.82, 2.24) is 48.6 Å². The summed E-state index contributed by atoms with van der Waals surface area (Å²) in [5.74, 6) is 0.0683. The quantitative estimate of drug-likeness (QED) is 0.0550. The first-order valence-corrected chi connectivity index (χ1v) is 22.7. The summed E-state index contributed by atoms with van der Waals surface area (Å²) < 4.78 is 86.0. The summed E-state index contributed by atoms with van der Waals surface area (Å²) in [7, 11) is -15.3. The van der Waals surface area contributed by atoms with Gasteiger partial charge in [-0.1, -0.05) is 0 Å². The van der Waals surface area contributed by atoms with Crippen LogP contribution in [0.2, 0.25) is 0 Å². The van der Waals surface area contributed by atoms with Gasteiger partial charge in [-0.25, -0.2) is 48.4 Å². The average Bonchev–Trinajstić information content (AvgIpc) is 4.03. The molecule has 11 unspecified atom stereocenters. The Morgan fingerprint density at radius 3 is 1.65 bits per heavy atom. The molecule has 0 amide bonds. The van der Waals surface area contributed by atoms with Crippen molar-refractivity contribution in [3.8, 4) is 0 Å². The number of fused-ring (bicyclic) bond motifs is 2. The number of aliphatic hydroxyl groups excluding tert-OH is 1. The molecule has 33 heteroatoms. The number of hydrogen-bond donors (Lipinski definition) is 8. The van der Waals surface area contributed by atoms with Gasteiger partial charge in [0.2, 0.25) is 0 Å². The van der Waals surface area contributed by atoms with E-state index in [1.54, 1.807) is 0 Å². The third-order valence-corrected chi connectivity index (χ3v) is 12.4. The minimum absolute atomic E-state index is 0.0238. The minimum Gasteiger partial charge on any atom is -0.390 e. The number of imidazole rings is 2. The average molecular weight is 934 g/mol. The van der Waals surface area contributed by atoms with Crippen LogP contribution in [0.15, 0.2) is 42.4 Å². The summed E-state index contributed by atoms with van der Waals surface area (Å²) in [6.07, 6.45) is -5.31. The van der Waals surface area contributed by atoms with Crippen LogP contribution in [0.3, 0.4) is 0 Å². The molecule has 336 valence electrons. The van der Waals surface area contributed by atoms with Crippen LogP contribution in [-0.4, -0.2) is 130 Å². The monoisotopic (exact) mass is 933 g/mol. The molecule has 0 aromatic carbocycles. The van der Waals surface area contributed by atoms with Gasteiger partial charge in [0.15, 0.2) is 22.9 Å². The Labute approximate surface area is 346 Å². The SMILES string of the molecule is Nc1ccn(C2CC(OP(=O)(O)OCC3OC(n4cnc5c(N)ncnc54)CC3OP(=O)(O)OCC3OC(n4cnc5c(N)ncnc54)CC3O)C(COP(=O)(O)O)O2)c(=O)n1. The van der Waals surface area contributed by atoms with E-state index in [9.17, 15) is 43.2 Å². The van der Waals surface area contributed by atoms with E-state index in [1.165, 1.54) is 46.7 Å². The highest BCUT2D eigenvalue weighted by atomic mass is 31.2. The molecule has 0 saturated carbocycles. The maximum Gasteiger partial charge on any atom is 0.472 e. The molecule has 62 heavy (non-hydrogen) atoms. The van der Waals surface area contributed by atoms with Crippen LogP contribution >= 0.6 is 23.5 Å². The fraction of sp³-hybridized carbons (Fsp3) is 0.517. The van der Waals surface area contributed by atoms with Gasteiger partial charge in [-0.2, -0.15) is 4.98 Å². The molecule has 11 atom stereocenters. The van der Waals surface area contributed by atoms with E-state index in [-0.39, 0.29) is 47.9 Å². The van der Waals surface area contributed by atoms with Gasteiger partial charge in [-0.15, -0.1) is 0 Å². The number of rotatable bonds is 16. The van der Waals surface area contributed by atoms with Crippen molar-refractivity contribution in [2.45, 2.75) is 74.6 Å². The van der Waals surface area contributed by atoms with Crippen molar-refractivity contribution in [3.63, 3.8) is 0 Å². The largest absolute Gasteiger partial charge is 0.472 e. The molecule has 30 nitrogen and oxygen atoms in total. The Bertz CT molecular complexity index is 2650. The number of hydrogen-bond acceptors (Lipinski definition) is 23. The van der Waals surface area contributed by atoms with Gasteiger partial charge in [-0.05, 0) is 6.07 Å². The van der Waals surface area contributed by atoms with E-state index in [4.69, 9.17) is 49.5 Å². The van der Waals surface area contributed by atoms with E-state index in [2.05, 4.69) is 39.4 Å². The van der Waals surface area contributed by atoms with Crippen molar-refractivity contribution in [3.05, 3.63) is 48.1 Å². The van der Waals surface area contributed by atoms with Crippen LogP contribution in [0, 0.1) is 0 Å². The van der Waals surface area contributed by atoms with Gasteiger partial charge in [-0.3, -0.25) is 36.3 Å². The molecule has 3 saturated heterocycles. The van der Waals surface area contributed by atoms with Gasteiger partial charge >= 0.3 is 29.2 Å². The van der Waals surface area contributed by atoms with Crippen molar-refractivity contribution in [1.29, 1.82) is 0 Å². The number of phosphoric acid groups is 3. The second-order valence-corrected chi connectivity index (χ2v) is 18.0. The lowest BCUT2D eigenvalue weighted by Gasteiger charge is -2.24. The first-order valence-electron chi connectivity index (χ1n) is 18.2. The number of aromatic nitrogens is 10. The third-order valence-electron chi connectivity index (χ3n) is 9.87. The number of nitrogens with two attached hydrogens (primary N) is 3. The van der Waals surface area contributed by atoms with Gasteiger partial charge in [0, 0.05) is 25.5 Å². The van der Waals surface area contributed by atoms with Crippen LogP contribution in [-0.2, 0) is 50.5 Å². The van der Waals surface area contributed by atoms with Gasteiger partial charge in [0.1, 0.15) is 78.7 Å². The molecular weight excluding hydrogens is 895 g/mol. The van der Waals surface area contributed by atoms with Crippen molar-refractivity contribution < 1.29 is 75.2 Å². The molecule has 11 N–H and O–H groups in total. The van der Waals surface area contributed by atoms with Gasteiger partial charge in [0.05, 0.1) is 38.6 Å². The highest BCUT2D eigenvalue weighted by molar-refractivity contribution is 7.47. The first kappa shape index (κ1) is 44.2. The summed E-state index contributed by atoms with van der Waals surface area (Å²) >= 11 is 0. The smallest absolute Gasteiger partial charge is 0.390 e. The topological polar surface area (TPSA) is 426 Å². The second kappa shape index (κ2) is 17.3. The number of aliphatic hydroxyl groups is 1. The summed E-state index contributed by atoms with van der Waals surface area (Å²) in [4.78, 5) is 81.0. The zero-order valence-corrected chi connectivity index (χ0v) is 34.3. The number of anilines is 3. The molecule has 5 aromatic rings. The van der Waals surface area contributed by atoms with Gasteiger partial charge < -0.3 is 56.1 Å². The fourth-order valence-corrected chi connectivity index (χ4v) is 9.28. The molecule has 8 heterocycles. The van der Waals surface area contributed by atoms with Crippen molar-refractivity contribution in [2.75, 3.05) is 37.0 Å². The molecular formula is C29H38N13O17P3. The lowest BCUT2D eigenvalue weighted by atomic mass is 10.2. The van der Waals surface area contributed by atoms with E-state index in [1.807, 2.05) is 0 Å². The standard InChI is InChI=1S/C29H38N13O17P3/c30-19-1-2-40(29(44)39-19)21-4-14(17(56-21)7-52-60(45,46)47)58-62(50,51)54-8-18-15(5-22(57-18)42-12-38-24-26(32)34-10-36-28(24)42)59-61(48,49)53-6-16-13(43)3-20(55-16)41-11-37-23-25(31)33-9-35-27(23)41/h1-2,9-18,20-22,43H,3-8H2,(H,48,49)(H,50,51)(H2,30,39,44)(H2,31,33,35)(H2,32,34,36)(H2,45,46,47). The predicted octanol–water partition coefficient (Wildman–Crippen LogP) is -0.993. The Kier molecular flexibility index (Phi) is 12.3. The number of ether oxygens (including phenoxy) is 3. The predicted molar refractivity (Wildman–Crippen MR) is 203 cm³/mol. The first-order chi connectivity index (χ1) is 29.3. The third kappa shape index (κ3) is 9.70. The number of phosphoric ester groups is 3. The molecule has 3 aliphatic rings. The van der Waals surface area contributed by atoms with Crippen molar-refractivity contribution in [2.24, 2.45) is 0 Å². The van der Waals surface area contributed by atoms with Crippen LogP contribution < -0.4 is 22.9 Å². The highest BCUT2D eigenvalue weighted by Crippen LogP contribution is 2.52. The number of nitrogens with zero attached hydrogens (tertiary/aromatic N) is 10. The minimum atomic E-state index is -5.19. The van der Waals surface area contributed by atoms with E-state index >= 15 is 0 Å². The molecule has 5 aromatic heterocycles. The molecule has 3 aliphatic heterocycles. The molecule has 3 fully saturated rings. The zero-order valence-electron chi connectivity index (χ0n) is 31.6. The molecule has 0 spiro atoms. The maximum atomic E-state index is 13.5. The summed E-state index contributed by atoms with van der Waals surface area (Å²) in [5, 5.41) is 10.8. The molecule has 0 radical (unpaired) electrons. The Balaban J connectivity index is 0.957. The lowest BCUT2D eigenvalue weighted by Crippen LogP contribution is -2.31. The van der Waals surface area contributed by atoms with Crippen LogP contribution in [0.1, 0.15) is 37.9 Å². The van der Waals surface area contributed by atoms with E-state index < -0.39 is 104 Å². The Hall–Kier alpha value is -4.45. The van der Waals surface area contributed by atoms with Gasteiger partial charge in [0.25, 0.3) is 0 Å². The summed E-state index contributed by atoms with van der Waals surface area (Å²) in [6, 6.07) is 1.28. The Morgan fingerprint density at radius 2 is 1.13 bits per heavy atom. The van der Waals surface area contributed by atoms with Crippen LogP contribution in [0.4, 0.5) is 17.5 Å². The fourth-order valence-electron chi connectivity index (χ4n) is 7.02. The van der Waals surface area contributed by atoms with Crippen LogP contribution in [0.5, 0.6) is 0 Å². The van der Waals surface area contributed by atoms with Crippen LogP contribution in [0.25, 0.3) is 22.3 Å². The molecule has 0 bridgehead atoms. The molecule has 8 rings (SSSR count). The van der Waals surface area contributed by atoms with Crippen molar-refractivity contribution >= 4 is 63.2 Å². The lowest BCUT2D eigenvalue weighted by molar-refractivity contribution is -0.0601. The Morgan fingerprint density at radius 1 is 0.661 bits per heavy atom. The summed E-state index contributed by atoms with van der Waals surface area (Å²) in [6.45, 7) is -2.32. The summed E-state index contributed by atoms with van der Waals surface area (Å²) in [5.41, 5.74) is 17.6. The normalized spacial score (nSPS) is 28.8.